The molecule has 5 rings (SSSR count). The molecule has 0 aromatic heterocycles. The predicted molar refractivity (Wildman–Crippen MR) is 226 cm³/mol. The summed E-state index contributed by atoms with van der Waals surface area (Å²) < 4.78 is 10.3. The molecule has 1 heterocycles. The smallest absolute Gasteiger partial charge is 0.408 e. The van der Waals surface area contributed by atoms with Crippen molar-refractivity contribution in [2.75, 3.05) is 14.2 Å². The Balaban J connectivity index is 1.36. The van der Waals surface area contributed by atoms with Gasteiger partial charge in [-0.1, -0.05) is 88.4 Å². The normalized spacial score (nSPS) is 17.9. The molecular formula is C46H60N6O8. The first-order chi connectivity index (χ1) is 28.6. The molecule has 0 bridgehead atoms. The number of hydrogen-bond acceptors (Lipinski definition) is 9. The number of nitrogens with one attached hydrogen (secondary N) is 5. The van der Waals surface area contributed by atoms with Crippen LogP contribution < -0.4 is 26.6 Å². The first-order valence-corrected chi connectivity index (χ1v) is 20.8. The fourth-order valence-corrected chi connectivity index (χ4v) is 7.72. The molecule has 0 spiro atoms. The van der Waals surface area contributed by atoms with Gasteiger partial charge in [-0.25, -0.2) is 9.59 Å². The van der Waals surface area contributed by atoms with Crippen molar-refractivity contribution in [3.8, 4) is 0 Å². The molecule has 0 radical (unpaired) electrons. The van der Waals surface area contributed by atoms with Crippen molar-refractivity contribution in [1.82, 2.24) is 31.5 Å². The van der Waals surface area contributed by atoms with Crippen molar-refractivity contribution in [2.45, 2.75) is 123 Å². The quantitative estimate of drug-likeness (QED) is 0.136. The van der Waals surface area contributed by atoms with Crippen molar-refractivity contribution in [3.63, 3.8) is 0 Å². The topological polar surface area (TPSA) is 184 Å². The molecule has 60 heavy (non-hydrogen) atoms. The molecule has 0 saturated heterocycles. The molecule has 5 amide bonds. The Bertz CT molecular complexity index is 2020. The summed E-state index contributed by atoms with van der Waals surface area (Å²) in [4.78, 5) is 83.1. The van der Waals surface area contributed by atoms with Gasteiger partial charge in [0.05, 0.1) is 19.2 Å². The van der Waals surface area contributed by atoms with Crippen LogP contribution >= 0.6 is 0 Å². The van der Waals surface area contributed by atoms with E-state index >= 15 is 0 Å². The predicted octanol–water partition coefficient (Wildman–Crippen LogP) is 4.64. The van der Waals surface area contributed by atoms with Crippen molar-refractivity contribution >= 4 is 35.7 Å². The lowest BCUT2D eigenvalue weighted by atomic mass is 9.83. The van der Waals surface area contributed by atoms with Crippen molar-refractivity contribution < 1.29 is 38.2 Å². The second-order valence-corrected chi connectivity index (χ2v) is 16.7. The van der Waals surface area contributed by atoms with E-state index in [9.17, 15) is 28.8 Å². The molecule has 1 aliphatic heterocycles. The molecule has 322 valence electrons. The Morgan fingerprint density at radius 2 is 1.60 bits per heavy atom. The van der Waals surface area contributed by atoms with Gasteiger partial charge in [0.1, 0.15) is 24.7 Å². The molecule has 14 heteroatoms. The van der Waals surface area contributed by atoms with E-state index in [-0.39, 0.29) is 43.8 Å². The average Bonchev–Trinajstić information content (AvgIpc) is 3.25. The largest absolute Gasteiger partial charge is 0.467 e. The number of benzene rings is 3. The maximum Gasteiger partial charge on any atom is 0.408 e. The van der Waals surface area contributed by atoms with Gasteiger partial charge < -0.3 is 41.0 Å². The van der Waals surface area contributed by atoms with Gasteiger partial charge in [-0.15, -0.1) is 0 Å². The van der Waals surface area contributed by atoms with Gasteiger partial charge in [-0.2, -0.15) is 0 Å². The number of rotatable bonds is 15. The molecule has 3 aromatic carbocycles. The summed E-state index contributed by atoms with van der Waals surface area (Å²) in [5.41, 5.74) is 4.16. The second kappa shape index (κ2) is 20.5. The lowest BCUT2D eigenvalue weighted by Gasteiger charge is -2.42. The maximum absolute atomic E-state index is 14.7. The first-order valence-electron chi connectivity index (χ1n) is 20.8. The van der Waals surface area contributed by atoms with E-state index in [0.29, 0.717) is 17.5 Å². The van der Waals surface area contributed by atoms with Crippen LogP contribution in [0.3, 0.4) is 0 Å². The molecule has 2 aliphatic rings. The number of carbonyl (C=O) groups excluding carboxylic acids is 6. The maximum atomic E-state index is 14.7. The van der Waals surface area contributed by atoms with E-state index in [2.05, 4.69) is 32.7 Å². The summed E-state index contributed by atoms with van der Waals surface area (Å²) in [5, 5.41) is 14.7. The Labute approximate surface area is 352 Å². The molecule has 0 saturated carbocycles. The number of aryl methyl sites for hydroxylation is 1. The molecule has 5 N–H and O–H groups in total. The van der Waals surface area contributed by atoms with Gasteiger partial charge in [0.2, 0.25) is 17.7 Å². The average molecular weight is 825 g/mol. The minimum atomic E-state index is -1.09. The number of likely N-dealkylation sites (N-methyl/N-ethyl adjacent to an activating group) is 1. The highest BCUT2D eigenvalue weighted by molar-refractivity contribution is 5.96. The van der Waals surface area contributed by atoms with Gasteiger partial charge in [-0.05, 0) is 91.4 Å². The van der Waals surface area contributed by atoms with Crippen LogP contribution in [0, 0.1) is 5.41 Å². The monoisotopic (exact) mass is 824 g/mol. The minimum Gasteiger partial charge on any atom is -0.467 e. The number of nitrogens with zero attached hydrogens (tertiary/aromatic N) is 1. The van der Waals surface area contributed by atoms with Gasteiger partial charge in [0.15, 0.2) is 0 Å². The van der Waals surface area contributed by atoms with E-state index in [0.717, 1.165) is 36.0 Å². The molecule has 0 unspecified atom stereocenters. The van der Waals surface area contributed by atoms with Crippen LogP contribution in [-0.2, 0) is 54.6 Å². The number of methoxy groups -OCH3 is 1. The number of carbonyl (C=O) groups is 6. The third kappa shape index (κ3) is 11.5. The third-order valence-corrected chi connectivity index (χ3v) is 11.4. The summed E-state index contributed by atoms with van der Waals surface area (Å²) in [7, 11) is 2.88. The Hall–Kier alpha value is -5.76. The van der Waals surface area contributed by atoms with E-state index < -0.39 is 59.5 Å². The SMILES string of the molecule is CC[C@H](C[C@H](NC(=O)OCc1ccccc1)C(=O)OC)NC(=O)c1ccc2c(c1)CN(C(=O)[C@@H](NC(=O)[C@H](C)NC)C(C)(C)C)[C@H](C(=O)N[C@@H]1CCCc3ccccc31)C2. The number of hydrogen-bond donors (Lipinski definition) is 5. The summed E-state index contributed by atoms with van der Waals surface area (Å²) >= 11 is 0. The van der Waals surface area contributed by atoms with E-state index in [1.165, 1.54) is 17.6 Å². The van der Waals surface area contributed by atoms with Gasteiger partial charge >= 0.3 is 12.1 Å². The van der Waals surface area contributed by atoms with Crippen LogP contribution in [0.2, 0.25) is 0 Å². The zero-order valence-electron chi connectivity index (χ0n) is 35.8. The number of esters is 1. The fourth-order valence-electron chi connectivity index (χ4n) is 7.72. The standard InChI is InChI=1S/C46H60N6O8/c1-8-34(25-37(44(57)59-7)50-45(58)60-27-29-15-10-9-11-16-29)48-41(54)32-22-21-31-24-38(42(55)49-36-20-14-18-30-17-12-13-19-35(30)36)52(26-33(31)23-32)43(56)39(46(3,4)5)51-40(53)28(2)47-6/h9-13,15-17,19,21-23,28,34,36-39,47H,8,14,18,20,24-27H2,1-7H3,(H,48,54)(H,49,55)(H,50,58)(H,51,53)/t28-,34+,36+,37-,38-,39+/m0/s1. The van der Waals surface area contributed by atoms with Crippen molar-refractivity contribution in [3.05, 3.63) is 106 Å². The van der Waals surface area contributed by atoms with Crippen LogP contribution in [0.25, 0.3) is 0 Å². The van der Waals surface area contributed by atoms with Crippen molar-refractivity contribution in [1.29, 1.82) is 0 Å². The lowest BCUT2D eigenvalue weighted by Crippen LogP contribution is -2.62. The molecule has 1 aliphatic carbocycles. The second-order valence-electron chi connectivity index (χ2n) is 16.7. The van der Waals surface area contributed by atoms with Crippen LogP contribution in [0.4, 0.5) is 4.79 Å². The highest BCUT2D eigenvalue weighted by atomic mass is 16.6. The van der Waals surface area contributed by atoms with Gasteiger partial charge in [0, 0.05) is 24.6 Å². The lowest BCUT2D eigenvalue weighted by molar-refractivity contribution is -0.147. The van der Waals surface area contributed by atoms with Crippen LogP contribution in [0.15, 0.2) is 72.8 Å². The zero-order chi connectivity index (χ0) is 43.6. The molecule has 0 fully saturated rings. The number of ether oxygens (including phenoxy) is 2. The van der Waals surface area contributed by atoms with Gasteiger partial charge in [0.25, 0.3) is 5.91 Å². The van der Waals surface area contributed by atoms with E-state index in [1.807, 2.05) is 82.3 Å². The van der Waals surface area contributed by atoms with Gasteiger partial charge in [-0.3, -0.25) is 19.2 Å². The highest BCUT2D eigenvalue weighted by Crippen LogP contribution is 2.32. The minimum absolute atomic E-state index is 0.0113. The molecule has 14 nitrogen and oxygen atoms in total. The fraction of sp³-hybridized carbons (Fsp3) is 0.478. The summed E-state index contributed by atoms with van der Waals surface area (Å²) in [6.45, 7) is 9.19. The molecule has 3 aromatic rings. The van der Waals surface area contributed by atoms with Crippen LogP contribution in [-0.4, -0.2) is 85.0 Å². The summed E-state index contributed by atoms with van der Waals surface area (Å²) in [5.74, 6) is -2.15. The first kappa shape index (κ1) is 45.3. The summed E-state index contributed by atoms with van der Waals surface area (Å²) in [6, 6.07) is 18.2. The molecule has 6 atom stereocenters. The molecular weight excluding hydrogens is 765 g/mol. The highest BCUT2D eigenvalue weighted by Gasteiger charge is 2.43. The Morgan fingerprint density at radius 3 is 2.28 bits per heavy atom. The van der Waals surface area contributed by atoms with E-state index in [1.54, 1.807) is 26.1 Å². The zero-order valence-corrected chi connectivity index (χ0v) is 35.8. The Kier molecular flexibility index (Phi) is 15.5. The van der Waals surface area contributed by atoms with E-state index in [4.69, 9.17) is 9.47 Å². The number of alkyl carbamates (subject to hydrolysis) is 1. The van der Waals surface area contributed by atoms with Crippen LogP contribution in [0.5, 0.6) is 0 Å². The number of amides is 5. The Morgan fingerprint density at radius 1 is 0.883 bits per heavy atom. The van der Waals surface area contributed by atoms with Crippen LogP contribution in [0.1, 0.15) is 105 Å². The number of fused-ring (bicyclic) bond motifs is 2. The van der Waals surface area contributed by atoms with Crippen molar-refractivity contribution in [2.24, 2.45) is 5.41 Å². The third-order valence-electron chi connectivity index (χ3n) is 11.4. The summed E-state index contributed by atoms with van der Waals surface area (Å²) in [6.07, 6.45) is 2.50.